The van der Waals surface area contributed by atoms with E-state index in [1.807, 2.05) is 13.2 Å². The average Bonchev–Trinajstić information content (AvgIpc) is 0.855. The van der Waals surface area contributed by atoms with E-state index in [1.165, 1.54) is 25.6 Å². The molecule has 0 aromatic heterocycles. The number of carbonyl (C=O) groups excluding carboxylic acids is 13. The monoisotopic (exact) mass is 1790 g/mol. The molecule has 0 saturated carbocycles. The van der Waals surface area contributed by atoms with Gasteiger partial charge in [0.2, 0.25) is 41.4 Å². The highest BCUT2D eigenvalue weighted by atomic mass is 32.2. The second kappa shape index (κ2) is 64.3. The van der Waals surface area contributed by atoms with E-state index in [1.54, 1.807) is 0 Å². The SMILES string of the molecule is CC[C@@H](CSC)C(=O)N[C@@H](C)C(=O)C[C@@H](C)C(=O)N[C@H](CCCN=C(N)N)C(=O)C[C@H](CCCN=C(N)N)C(=O)N[C@H](CCCN=C(N)N)C(=O)C[C@H](CCCN=C(N)N)C(=O)N[C@H](CCCN=C(N)N)C(=O)C[C@H](CCCN=C(N)N)C(=O)N[C@H](CCCN=C(N)N)C(=O)C[C@H](CCCN=C(N)N)C(=O)N[C@H](CCCN=C(N)N)C(=O)C[C@H](CS)C(N)=O. The summed E-state index contributed by atoms with van der Waals surface area (Å²) in [6.45, 7) is 4.66. The zero-order valence-corrected chi connectivity index (χ0v) is 73.8. The molecular formula is C75H142N34O13S2. The van der Waals surface area contributed by atoms with Gasteiger partial charge in [0.25, 0.3) is 0 Å². The van der Waals surface area contributed by atoms with Crippen LogP contribution >= 0.6 is 24.4 Å². The van der Waals surface area contributed by atoms with Crippen molar-refractivity contribution < 1.29 is 62.3 Å². The minimum absolute atomic E-state index is 0.00354. The highest BCUT2D eigenvalue weighted by Gasteiger charge is 2.38. The van der Waals surface area contributed by atoms with E-state index in [0.717, 1.165) is 0 Å². The molecule has 7 amide bonds. The van der Waals surface area contributed by atoms with Gasteiger partial charge in [0.15, 0.2) is 88.3 Å². The number of Topliss-reactive ketones (excluding diaryl/α,β-unsaturated/α-hetero) is 6. The van der Waals surface area contributed by atoms with Crippen LogP contribution in [0.3, 0.4) is 0 Å². The number of hydrogen-bond acceptors (Lipinski definition) is 24. The van der Waals surface area contributed by atoms with Crippen molar-refractivity contribution in [3.05, 3.63) is 0 Å². The summed E-state index contributed by atoms with van der Waals surface area (Å²) in [5.74, 6) is -18.5. The summed E-state index contributed by atoms with van der Waals surface area (Å²) >= 11 is 5.66. The highest BCUT2D eigenvalue weighted by molar-refractivity contribution is 7.98. The van der Waals surface area contributed by atoms with Crippen LogP contribution in [0.1, 0.15) is 181 Å². The van der Waals surface area contributed by atoms with E-state index >= 15 is 24.0 Å². The first kappa shape index (κ1) is 112. The number of aliphatic imine (C=N–C) groups is 9. The molecule has 0 rings (SSSR count). The van der Waals surface area contributed by atoms with Crippen molar-refractivity contribution in [2.45, 2.75) is 218 Å². The van der Waals surface area contributed by atoms with Crippen molar-refractivity contribution in [1.82, 2.24) is 31.9 Å². The molecule has 0 aromatic rings. The fourth-order valence-electron chi connectivity index (χ4n) is 12.8. The Morgan fingerprint density at radius 1 is 0.274 bits per heavy atom. The fraction of sp³-hybridized carbons (Fsp3) is 0.707. The summed E-state index contributed by atoms with van der Waals surface area (Å²) in [5, 5.41) is 16.6. The number of primary amides is 1. The molecule has 0 saturated heterocycles. The van der Waals surface area contributed by atoms with Crippen LogP contribution in [-0.4, -0.2) is 243 Å². The molecule has 47 nitrogen and oxygen atoms in total. The predicted molar refractivity (Wildman–Crippen MR) is 486 cm³/mol. The lowest BCUT2D eigenvalue weighted by Gasteiger charge is -2.27. The molecule has 702 valence electrons. The van der Waals surface area contributed by atoms with Crippen molar-refractivity contribution in [3.8, 4) is 0 Å². The van der Waals surface area contributed by atoms with Gasteiger partial charge in [0, 0.05) is 144 Å². The molecule has 0 aliphatic heterocycles. The summed E-state index contributed by atoms with van der Waals surface area (Å²) in [7, 11) is 0. The van der Waals surface area contributed by atoms with Gasteiger partial charge in [-0.2, -0.15) is 24.4 Å². The van der Waals surface area contributed by atoms with Crippen LogP contribution in [0.4, 0.5) is 0 Å². The van der Waals surface area contributed by atoms with Crippen LogP contribution in [0.2, 0.25) is 0 Å². The van der Waals surface area contributed by atoms with Crippen LogP contribution < -0.4 is 141 Å². The molecule has 0 radical (unpaired) electrons. The van der Waals surface area contributed by atoms with E-state index in [0.29, 0.717) is 12.2 Å². The van der Waals surface area contributed by atoms with Crippen molar-refractivity contribution in [2.24, 2.45) is 195 Å². The smallest absolute Gasteiger partial charge is 0.224 e. The Labute approximate surface area is 734 Å². The number of carbonyl (C=O) groups is 13. The Bertz CT molecular complexity index is 3680. The second-order valence-corrected chi connectivity index (χ2v) is 31.4. The van der Waals surface area contributed by atoms with Gasteiger partial charge in [-0.05, 0) is 135 Å². The molecule has 13 atom stereocenters. The van der Waals surface area contributed by atoms with E-state index in [4.69, 9.17) is 109 Å². The number of guanidine groups is 9. The summed E-state index contributed by atoms with van der Waals surface area (Å²) in [6, 6.07) is -7.80. The van der Waals surface area contributed by atoms with Gasteiger partial charge in [-0.3, -0.25) is 107 Å². The molecule has 0 fully saturated rings. The Kier molecular flexibility index (Phi) is 58.3. The minimum atomic E-state index is -1.47. The maximum Gasteiger partial charge on any atom is 0.224 e. The molecule has 0 heterocycles. The first-order chi connectivity index (χ1) is 58.5. The fourth-order valence-corrected chi connectivity index (χ4v) is 13.9. The van der Waals surface area contributed by atoms with E-state index in [-0.39, 0.29) is 252 Å². The van der Waals surface area contributed by atoms with Gasteiger partial charge in [0.05, 0.1) is 42.2 Å². The van der Waals surface area contributed by atoms with Gasteiger partial charge in [-0.1, -0.05) is 13.8 Å². The number of nitrogens with zero attached hydrogens (tertiary/aromatic N) is 9. The topological polar surface area (TPSA) is 900 Å². The number of rotatable bonds is 71. The van der Waals surface area contributed by atoms with Crippen molar-refractivity contribution >= 4 is 154 Å². The third-order valence-corrected chi connectivity index (χ3v) is 20.8. The first-order valence-electron chi connectivity index (χ1n) is 41.3. The number of hydrogen-bond donors (Lipinski definition) is 26. The molecule has 0 bridgehead atoms. The van der Waals surface area contributed by atoms with Crippen LogP contribution in [-0.2, 0) is 62.3 Å². The molecule has 0 unspecified atom stereocenters. The molecular weight excluding hydrogens is 1650 g/mol. The third-order valence-electron chi connectivity index (χ3n) is 19.6. The summed E-state index contributed by atoms with van der Waals surface area (Å²) in [5.41, 5.74) is 107. The highest BCUT2D eigenvalue weighted by Crippen LogP contribution is 2.25. The maximum atomic E-state index is 15.2. The van der Waals surface area contributed by atoms with Gasteiger partial charge < -0.3 is 141 Å². The Balaban J connectivity index is 8.19. The predicted octanol–water partition coefficient (Wildman–Crippen LogP) is -7.33. The van der Waals surface area contributed by atoms with Crippen LogP contribution in [0.25, 0.3) is 0 Å². The summed E-state index contributed by atoms with van der Waals surface area (Å²) in [6.07, 6.45) is -0.756. The molecule has 0 spiro atoms. The Morgan fingerprint density at radius 2 is 0.476 bits per heavy atom. The van der Waals surface area contributed by atoms with E-state index in [2.05, 4.69) is 89.5 Å². The lowest BCUT2D eigenvalue weighted by Crippen LogP contribution is -2.49. The Morgan fingerprint density at radius 3 is 0.669 bits per heavy atom. The third kappa shape index (κ3) is 52.7. The van der Waals surface area contributed by atoms with Crippen LogP contribution in [0, 0.1) is 41.4 Å². The van der Waals surface area contributed by atoms with Crippen molar-refractivity contribution in [3.63, 3.8) is 0 Å². The molecule has 0 aromatic carbocycles. The van der Waals surface area contributed by atoms with Crippen molar-refractivity contribution in [2.75, 3.05) is 76.7 Å². The van der Waals surface area contributed by atoms with Crippen LogP contribution in [0.15, 0.2) is 44.9 Å². The van der Waals surface area contributed by atoms with E-state index < -0.39 is 174 Å². The molecule has 124 heavy (non-hydrogen) atoms. The van der Waals surface area contributed by atoms with Gasteiger partial charge in [-0.15, -0.1) is 0 Å². The van der Waals surface area contributed by atoms with E-state index in [9.17, 15) is 38.4 Å². The van der Waals surface area contributed by atoms with Gasteiger partial charge in [0.1, 0.15) is 0 Å². The number of thioether (sulfide) groups is 1. The molecule has 0 aliphatic rings. The lowest BCUT2D eigenvalue weighted by atomic mass is 9.88. The quantitative estimate of drug-likeness (QED) is 0.0116. The number of nitrogens with one attached hydrogen (secondary N) is 6. The maximum absolute atomic E-state index is 15.2. The van der Waals surface area contributed by atoms with Crippen LogP contribution in [0.5, 0.6) is 0 Å². The summed E-state index contributed by atoms with van der Waals surface area (Å²) in [4.78, 5) is 223. The Hall–Kier alpha value is -11.6. The summed E-state index contributed by atoms with van der Waals surface area (Å²) < 4.78 is 0. The standard InChI is InChI=1S/C75H142N34O13S2/c1-5-43(40-124-4)62(118)104-42(3)54(110)33-41(2)61(117)105-49(19-10-28-99-71(85)86)55(111)34-44(15-6-24-95-67(77)78)63(119)106-50(20-11-29-100-72(87)88)56(112)35-45(16-7-25-96-68(79)80)64(120)107-51(21-12-30-101-73(89)90)57(113)36-46(17-8-26-97-69(81)82)65(121)108-52(22-13-31-102-74(91)92)58(114)37-47(18-9-27-98-70(83)84)66(122)109-53(23-14-32-103-75(93)94)59(115)38-48(39-123)60(76)116/h41-53,123H,5-40H2,1-4H3,(H2,76,116)(H,104,118)(H,105,117)(H,106,119)(H,107,120)(H,108,121)(H,109,122)(H4,77,78,95)(H4,79,80,96)(H4,81,82,97)(H4,83,84,98)(H4,85,86,99)(H4,87,88,100)(H4,89,90,101)(H4,91,92,102)(H4,93,94,103)/t41-,42+,43+,44+,45+,46+,47+,48-,49-,50-,51-,52-,53-/m1/s1. The normalized spacial score (nSPS) is 14.0. The number of amides is 7. The number of ketones is 6. The zero-order chi connectivity index (χ0) is 94.0. The number of thiol groups is 1. The number of nitrogens with two attached hydrogens (primary N) is 19. The largest absolute Gasteiger partial charge is 0.370 e. The molecule has 0 aliphatic carbocycles. The van der Waals surface area contributed by atoms with Gasteiger partial charge in [-0.25, -0.2) is 0 Å². The average molecular weight is 1790 g/mol. The van der Waals surface area contributed by atoms with Gasteiger partial charge >= 0.3 is 0 Å². The molecule has 44 N–H and O–H groups in total. The minimum Gasteiger partial charge on any atom is -0.370 e. The lowest BCUT2D eigenvalue weighted by molar-refractivity contribution is -0.136. The molecule has 49 heteroatoms. The second-order valence-electron chi connectivity index (χ2n) is 30.1. The first-order valence-corrected chi connectivity index (χ1v) is 43.4. The zero-order valence-electron chi connectivity index (χ0n) is 72.1. The van der Waals surface area contributed by atoms with Crippen molar-refractivity contribution in [1.29, 1.82) is 0 Å².